The minimum Gasteiger partial charge on any atom is -0.333 e. The molecule has 0 aliphatic rings. The number of rotatable bonds is 6. The van der Waals surface area contributed by atoms with Crippen molar-refractivity contribution < 1.29 is 4.79 Å². The first kappa shape index (κ1) is 16.3. The molecule has 24 heavy (non-hydrogen) atoms. The van der Waals surface area contributed by atoms with Gasteiger partial charge in [0.2, 0.25) is 5.91 Å². The Balaban J connectivity index is 1.48. The van der Waals surface area contributed by atoms with Gasteiger partial charge in [-0.15, -0.1) is 0 Å². The van der Waals surface area contributed by atoms with Crippen LogP contribution in [0.2, 0.25) is 0 Å². The summed E-state index contributed by atoms with van der Waals surface area (Å²) in [6, 6.07) is 11.6. The fourth-order valence-electron chi connectivity index (χ4n) is 2.24. The molecular formula is C18H18N4OS. The van der Waals surface area contributed by atoms with Crippen LogP contribution in [0.5, 0.6) is 0 Å². The molecule has 0 saturated carbocycles. The highest BCUT2D eigenvalue weighted by Gasteiger charge is 2.06. The Morgan fingerprint density at radius 2 is 2.08 bits per heavy atom. The minimum absolute atomic E-state index is 0.00835. The van der Waals surface area contributed by atoms with Crippen molar-refractivity contribution in [3.63, 3.8) is 0 Å². The summed E-state index contributed by atoms with van der Waals surface area (Å²) >= 11 is 1.53. The molecule has 2 N–H and O–H groups in total. The van der Waals surface area contributed by atoms with Crippen molar-refractivity contribution in [3.05, 3.63) is 60.6 Å². The lowest BCUT2D eigenvalue weighted by molar-refractivity contribution is -0.115. The van der Waals surface area contributed by atoms with Crippen LogP contribution in [0.25, 0.3) is 11.3 Å². The minimum atomic E-state index is 0.00835. The van der Waals surface area contributed by atoms with Gasteiger partial charge in [0.1, 0.15) is 0 Å². The van der Waals surface area contributed by atoms with E-state index in [2.05, 4.69) is 20.3 Å². The van der Waals surface area contributed by atoms with Gasteiger partial charge in [0.15, 0.2) is 5.16 Å². The van der Waals surface area contributed by atoms with Crippen LogP contribution in [-0.4, -0.2) is 26.6 Å². The van der Waals surface area contributed by atoms with Gasteiger partial charge in [-0.3, -0.25) is 9.78 Å². The fourth-order valence-corrected chi connectivity index (χ4v) is 3.03. The normalized spacial score (nSPS) is 10.5. The van der Waals surface area contributed by atoms with Crippen LogP contribution in [0.15, 0.2) is 60.1 Å². The number of anilines is 1. The van der Waals surface area contributed by atoms with E-state index in [4.69, 9.17) is 0 Å². The summed E-state index contributed by atoms with van der Waals surface area (Å²) in [5, 5.41) is 3.72. The van der Waals surface area contributed by atoms with Gasteiger partial charge in [0.05, 0.1) is 11.9 Å². The van der Waals surface area contributed by atoms with E-state index >= 15 is 0 Å². The lowest BCUT2D eigenvalue weighted by atomic mass is 10.2. The van der Waals surface area contributed by atoms with Gasteiger partial charge in [0, 0.05) is 35.8 Å². The molecule has 2 aromatic heterocycles. The van der Waals surface area contributed by atoms with E-state index in [1.165, 1.54) is 11.8 Å². The molecule has 0 atom stereocenters. The second-order valence-electron chi connectivity index (χ2n) is 5.35. The van der Waals surface area contributed by atoms with E-state index in [1.807, 2.05) is 43.3 Å². The molecule has 0 bridgehead atoms. The number of carbonyl (C=O) groups excluding carboxylic acids is 1. The molecule has 0 radical (unpaired) electrons. The number of carbonyl (C=O) groups is 1. The maximum atomic E-state index is 12.0. The maximum absolute atomic E-state index is 12.0. The van der Waals surface area contributed by atoms with E-state index in [0.29, 0.717) is 12.2 Å². The smallest absolute Gasteiger partial charge is 0.225 e. The van der Waals surface area contributed by atoms with Crippen molar-refractivity contribution in [2.24, 2.45) is 0 Å². The molecule has 2 heterocycles. The third-order valence-corrected chi connectivity index (χ3v) is 4.30. The molecule has 0 unspecified atom stereocenters. The molecule has 0 spiro atoms. The predicted octanol–water partition coefficient (Wildman–Crippen LogP) is 3.90. The van der Waals surface area contributed by atoms with E-state index in [1.54, 1.807) is 18.6 Å². The van der Waals surface area contributed by atoms with Crippen molar-refractivity contribution in [1.29, 1.82) is 0 Å². The van der Waals surface area contributed by atoms with E-state index in [9.17, 15) is 4.79 Å². The van der Waals surface area contributed by atoms with E-state index in [0.717, 1.165) is 27.7 Å². The summed E-state index contributed by atoms with van der Waals surface area (Å²) in [5.74, 6) is 0.676. The molecule has 0 aliphatic heterocycles. The maximum Gasteiger partial charge on any atom is 0.225 e. The molecule has 1 amide bonds. The summed E-state index contributed by atoms with van der Waals surface area (Å²) in [7, 11) is 0. The molecule has 5 nitrogen and oxygen atoms in total. The van der Waals surface area contributed by atoms with Crippen LogP contribution in [-0.2, 0) is 4.79 Å². The Kier molecular flexibility index (Phi) is 5.28. The number of H-pyrrole nitrogens is 1. The lowest BCUT2D eigenvalue weighted by Crippen LogP contribution is -2.12. The molecule has 3 aromatic rings. The molecule has 3 rings (SSSR count). The Labute approximate surface area is 144 Å². The van der Waals surface area contributed by atoms with E-state index in [-0.39, 0.29) is 5.91 Å². The summed E-state index contributed by atoms with van der Waals surface area (Å²) in [5.41, 5.74) is 3.95. The van der Waals surface area contributed by atoms with Crippen LogP contribution in [0, 0.1) is 6.92 Å². The zero-order valence-corrected chi connectivity index (χ0v) is 14.1. The molecule has 1 aromatic carbocycles. The fraction of sp³-hybridized carbons (Fsp3) is 0.167. The third kappa shape index (κ3) is 4.45. The van der Waals surface area contributed by atoms with Crippen LogP contribution in [0.1, 0.15) is 12.0 Å². The molecule has 122 valence electrons. The van der Waals surface area contributed by atoms with Gasteiger partial charge in [-0.25, -0.2) is 4.98 Å². The highest BCUT2D eigenvalue weighted by atomic mass is 32.2. The number of aryl methyl sites for hydroxylation is 1. The van der Waals surface area contributed by atoms with Gasteiger partial charge in [0.25, 0.3) is 0 Å². The number of aromatic nitrogens is 3. The van der Waals surface area contributed by atoms with Crippen LogP contribution < -0.4 is 5.32 Å². The molecule has 0 aliphatic carbocycles. The number of aromatic amines is 1. The standard InChI is InChI=1S/C18H18N4OS/c1-13-3-2-4-15(11-13)21-17(23)7-10-24-18-20-12-16(22-18)14-5-8-19-9-6-14/h2-6,8-9,11-12H,7,10H2,1H3,(H,20,22)(H,21,23). The first-order valence-corrected chi connectivity index (χ1v) is 8.64. The van der Waals surface area contributed by atoms with Gasteiger partial charge < -0.3 is 10.3 Å². The Hall–Kier alpha value is -2.60. The highest BCUT2D eigenvalue weighted by molar-refractivity contribution is 7.99. The number of pyridine rings is 1. The average Bonchev–Trinajstić information content (AvgIpc) is 3.04. The van der Waals surface area contributed by atoms with Crippen molar-refractivity contribution in [2.45, 2.75) is 18.5 Å². The van der Waals surface area contributed by atoms with E-state index < -0.39 is 0 Å². The van der Waals surface area contributed by atoms with Crippen molar-refractivity contribution in [3.8, 4) is 11.3 Å². The largest absolute Gasteiger partial charge is 0.333 e. The summed E-state index contributed by atoms with van der Waals surface area (Å²) < 4.78 is 0. The number of hydrogen-bond acceptors (Lipinski definition) is 4. The first-order valence-electron chi connectivity index (χ1n) is 7.65. The highest BCUT2D eigenvalue weighted by Crippen LogP contribution is 2.21. The second kappa shape index (κ2) is 7.79. The summed E-state index contributed by atoms with van der Waals surface area (Å²) in [6.45, 7) is 2.00. The Morgan fingerprint density at radius 3 is 2.88 bits per heavy atom. The van der Waals surface area contributed by atoms with Crippen LogP contribution in [0.3, 0.4) is 0 Å². The SMILES string of the molecule is Cc1cccc(NC(=O)CCSc2ncc(-c3ccncc3)[nH]2)c1. The number of imidazole rings is 1. The number of amides is 1. The lowest BCUT2D eigenvalue weighted by Gasteiger charge is -2.05. The molecule has 0 saturated heterocycles. The number of nitrogens with one attached hydrogen (secondary N) is 2. The van der Waals surface area contributed by atoms with Crippen molar-refractivity contribution in [1.82, 2.24) is 15.0 Å². The van der Waals surface area contributed by atoms with Gasteiger partial charge >= 0.3 is 0 Å². The predicted molar refractivity (Wildman–Crippen MR) is 97.0 cm³/mol. The zero-order valence-electron chi connectivity index (χ0n) is 13.3. The number of nitrogens with zero attached hydrogens (tertiary/aromatic N) is 2. The zero-order chi connectivity index (χ0) is 16.8. The third-order valence-electron chi connectivity index (χ3n) is 3.41. The van der Waals surface area contributed by atoms with Crippen molar-refractivity contribution >= 4 is 23.4 Å². The monoisotopic (exact) mass is 338 g/mol. The number of thioether (sulfide) groups is 1. The molecule has 0 fully saturated rings. The summed E-state index contributed by atoms with van der Waals surface area (Å²) in [6.07, 6.45) is 5.73. The first-order chi connectivity index (χ1) is 11.7. The Morgan fingerprint density at radius 1 is 1.25 bits per heavy atom. The van der Waals surface area contributed by atoms with Crippen LogP contribution in [0.4, 0.5) is 5.69 Å². The summed E-state index contributed by atoms with van der Waals surface area (Å²) in [4.78, 5) is 23.6. The van der Waals surface area contributed by atoms with Crippen molar-refractivity contribution in [2.75, 3.05) is 11.1 Å². The molecular weight excluding hydrogens is 320 g/mol. The quantitative estimate of drug-likeness (QED) is 0.669. The Bertz CT molecular complexity index is 817. The van der Waals surface area contributed by atoms with Gasteiger partial charge in [-0.1, -0.05) is 23.9 Å². The second-order valence-corrected chi connectivity index (χ2v) is 6.44. The average molecular weight is 338 g/mol. The van der Waals surface area contributed by atoms with Gasteiger partial charge in [-0.05, 0) is 36.8 Å². The molecule has 6 heteroatoms. The van der Waals surface area contributed by atoms with Gasteiger partial charge in [-0.2, -0.15) is 0 Å². The number of benzene rings is 1. The van der Waals surface area contributed by atoms with Crippen LogP contribution >= 0.6 is 11.8 Å². The number of hydrogen-bond donors (Lipinski definition) is 2. The topological polar surface area (TPSA) is 70.7 Å².